The minimum absolute atomic E-state index is 0.183. The van der Waals surface area contributed by atoms with Gasteiger partial charge in [0.25, 0.3) is 13.9 Å². The molecule has 2 aromatic rings. The lowest BCUT2D eigenvalue weighted by Gasteiger charge is -2.35. The van der Waals surface area contributed by atoms with Crippen LogP contribution >= 0.6 is 0 Å². The fraction of sp³-hybridized carbons (Fsp3) is 0.500. The summed E-state index contributed by atoms with van der Waals surface area (Å²) in [6, 6.07) is 3.22. The molecule has 11 heteroatoms. The van der Waals surface area contributed by atoms with Crippen LogP contribution in [-0.4, -0.2) is 30.9 Å². The monoisotopic (exact) mass is 400 g/mol. The molecule has 0 amide bonds. The van der Waals surface area contributed by atoms with E-state index >= 15 is 0 Å². The molecule has 0 spiro atoms. The highest BCUT2D eigenvalue weighted by atomic mass is 28.4. The highest BCUT2D eigenvalue weighted by Gasteiger charge is 2.39. The fourth-order valence-corrected chi connectivity index (χ4v) is 2.11. The average molecular weight is 400 g/mol. The van der Waals surface area contributed by atoms with E-state index in [0.29, 0.717) is 11.6 Å². The minimum Gasteiger partial charge on any atom is -0.529 e. The van der Waals surface area contributed by atoms with E-state index in [9.17, 15) is 4.79 Å². The predicted molar refractivity (Wildman–Crippen MR) is 93.1 cm³/mol. The van der Waals surface area contributed by atoms with E-state index in [1.165, 1.54) is 6.07 Å². The van der Waals surface area contributed by atoms with E-state index < -0.39 is 8.32 Å². The summed E-state index contributed by atoms with van der Waals surface area (Å²) in [4.78, 5) is 42.6. The molecular formula is C16H24N2O8Si. The van der Waals surface area contributed by atoms with Crippen molar-refractivity contribution >= 4 is 20.6 Å². The normalized spacial score (nSPS) is 9.74. The SMILES string of the molecule is Cc1cc(=O)[nH]o1.Cc1cc(O[Si](C)(C)C(C)(C)C)no1.O=C=O.O=C=O. The third-order valence-electron chi connectivity index (χ3n) is 3.42. The molecule has 0 saturated carbocycles. The maximum Gasteiger partial charge on any atom is 0.373 e. The van der Waals surface area contributed by atoms with Crippen LogP contribution in [0, 0.1) is 13.8 Å². The number of hydrogen-bond donors (Lipinski definition) is 1. The van der Waals surface area contributed by atoms with Gasteiger partial charge in [0, 0.05) is 12.1 Å². The highest BCUT2D eigenvalue weighted by Crippen LogP contribution is 2.37. The molecule has 2 heterocycles. The summed E-state index contributed by atoms with van der Waals surface area (Å²) < 4.78 is 15.4. The number of aromatic nitrogens is 2. The molecule has 0 aliphatic heterocycles. The molecule has 10 nitrogen and oxygen atoms in total. The zero-order chi connectivity index (χ0) is 21.7. The first-order valence-corrected chi connectivity index (χ1v) is 10.5. The molecule has 1 N–H and O–H groups in total. The minimum atomic E-state index is -1.75. The number of hydrogen-bond acceptors (Lipinski definition) is 9. The van der Waals surface area contributed by atoms with Gasteiger partial charge in [0.2, 0.25) is 5.88 Å². The zero-order valence-corrected chi connectivity index (χ0v) is 17.4. The largest absolute Gasteiger partial charge is 0.529 e. The predicted octanol–water partition coefficient (Wildman–Crippen LogP) is 2.48. The zero-order valence-electron chi connectivity index (χ0n) is 16.4. The summed E-state index contributed by atoms with van der Waals surface area (Å²) in [7, 11) is -1.75. The van der Waals surface area contributed by atoms with Gasteiger partial charge < -0.3 is 13.5 Å². The number of aromatic amines is 1. The first kappa shape index (κ1) is 26.2. The van der Waals surface area contributed by atoms with Crippen molar-refractivity contribution in [1.29, 1.82) is 0 Å². The Bertz CT molecular complexity index is 774. The number of nitrogens with zero attached hydrogens (tertiary/aromatic N) is 1. The van der Waals surface area contributed by atoms with Crippen LogP contribution in [0.5, 0.6) is 5.88 Å². The van der Waals surface area contributed by atoms with Gasteiger partial charge in [-0.3, -0.25) is 4.79 Å². The van der Waals surface area contributed by atoms with Crippen LogP contribution in [0.2, 0.25) is 18.1 Å². The van der Waals surface area contributed by atoms with Gasteiger partial charge >= 0.3 is 12.3 Å². The van der Waals surface area contributed by atoms with Crippen LogP contribution in [0.4, 0.5) is 0 Å². The third kappa shape index (κ3) is 12.1. The molecule has 27 heavy (non-hydrogen) atoms. The summed E-state index contributed by atoms with van der Waals surface area (Å²) in [5.74, 6) is 2.03. The Morgan fingerprint density at radius 1 is 1.04 bits per heavy atom. The van der Waals surface area contributed by atoms with Gasteiger partial charge in [0.1, 0.15) is 11.5 Å². The summed E-state index contributed by atoms with van der Waals surface area (Å²) in [6.45, 7) is 14.6. The number of carbonyl (C=O) groups excluding carboxylic acids is 4. The lowest BCUT2D eigenvalue weighted by molar-refractivity contribution is -0.193. The van der Waals surface area contributed by atoms with Gasteiger partial charge in [0.15, 0.2) is 0 Å². The van der Waals surface area contributed by atoms with Crippen molar-refractivity contribution < 1.29 is 32.7 Å². The van der Waals surface area contributed by atoms with Crippen LogP contribution in [0.15, 0.2) is 26.0 Å². The second-order valence-corrected chi connectivity index (χ2v) is 11.4. The second-order valence-electron chi connectivity index (χ2n) is 6.63. The first-order chi connectivity index (χ1) is 12.3. The van der Waals surface area contributed by atoms with Crippen molar-refractivity contribution in [2.75, 3.05) is 0 Å². The third-order valence-corrected chi connectivity index (χ3v) is 7.75. The topological polar surface area (TPSA) is 150 Å². The number of nitrogens with one attached hydrogen (secondary N) is 1. The van der Waals surface area contributed by atoms with Crippen molar-refractivity contribution in [2.24, 2.45) is 0 Å². The molecule has 0 saturated heterocycles. The van der Waals surface area contributed by atoms with E-state index in [0.717, 1.165) is 5.76 Å². The van der Waals surface area contributed by atoms with Gasteiger partial charge in [0.05, 0.1) is 0 Å². The van der Waals surface area contributed by atoms with Crippen LogP contribution in [0.1, 0.15) is 32.3 Å². The maximum absolute atomic E-state index is 10.1. The molecule has 0 aromatic carbocycles. The van der Waals surface area contributed by atoms with Crippen molar-refractivity contribution in [1.82, 2.24) is 10.3 Å². The molecule has 150 valence electrons. The Labute approximate surface area is 157 Å². The van der Waals surface area contributed by atoms with E-state index in [1.807, 2.05) is 13.0 Å². The molecule has 0 aliphatic carbocycles. The van der Waals surface area contributed by atoms with Crippen molar-refractivity contribution in [2.45, 2.75) is 52.8 Å². The molecule has 2 rings (SSSR count). The first-order valence-electron chi connectivity index (χ1n) is 7.60. The summed E-state index contributed by atoms with van der Waals surface area (Å²) in [5.41, 5.74) is -0.183. The van der Waals surface area contributed by atoms with Crippen molar-refractivity contribution in [3.05, 3.63) is 34.0 Å². The Hall–Kier alpha value is -3.00. The summed E-state index contributed by atoms with van der Waals surface area (Å²) in [6.07, 6.45) is 0.500. The van der Waals surface area contributed by atoms with Crippen molar-refractivity contribution in [3.63, 3.8) is 0 Å². The van der Waals surface area contributed by atoms with E-state index in [-0.39, 0.29) is 22.9 Å². The smallest absolute Gasteiger partial charge is 0.373 e. The van der Waals surface area contributed by atoms with Crippen LogP contribution < -0.4 is 9.99 Å². The summed E-state index contributed by atoms with van der Waals surface area (Å²) >= 11 is 0. The summed E-state index contributed by atoms with van der Waals surface area (Å²) in [5, 5.41) is 6.18. The van der Waals surface area contributed by atoms with Crippen LogP contribution in [0.3, 0.4) is 0 Å². The van der Waals surface area contributed by atoms with Gasteiger partial charge in [-0.15, -0.1) is 0 Å². The Morgan fingerprint density at radius 2 is 1.52 bits per heavy atom. The fourth-order valence-electron chi connectivity index (χ4n) is 1.18. The highest BCUT2D eigenvalue weighted by molar-refractivity contribution is 6.74. The maximum atomic E-state index is 10.1. The number of aryl methyl sites for hydroxylation is 2. The van der Waals surface area contributed by atoms with E-state index in [2.05, 4.69) is 48.7 Å². The average Bonchev–Trinajstić information content (AvgIpc) is 3.08. The lowest BCUT2D eigenvalue weighted by Crippen LogP contribution is -2.43. The molecule has 0 atom stereocenters. The van der Waals surface area contributed by atoms with E-state index in [4.69, 9.17) is 28.1 Å². The molecule has 2 aromatic heterocycles. The molecule has 0 aliphatic rings. The molecular weight excluding hydrogens is 376 g/mol. The lowest BCUT2D eigenvalue weighted by atomic mass is 10.2. The van der Waals surface area contributed by atoms with E-state index in [1.54, 1.807) is 6.92 Å². The van der Waals surface area contributed by atoms with Crippen LogP contribution in [-0.2, 0) is 19.2 Å². The molecule has 0 fully saturated rings. The van der Waals surface area contributed by atoms with Gasteiger partial charge in [-0.2, -0.15) is 24.3 Å². The van der Waals surface area contributed by atoms with Crippen LogP contribution in [0.25, 0.3) is 0 Å². The Morgan fingerprint density at radius 3 is 1.74 bits per heavy atom. The standard InChI is InChI=1S/C10H19NO2Si.C4H5NO2.2CO2/c1-8-7-9(11-12-8)13-14(5,6)10(2,3)4;1-3-2-4(6)5-7-3;2*2-1-3/h7H,1-6H3;2H,1H3,(H,5,6);;. The number of H-pyrrole nitrogens is 1. The van der Waals surface area contributed by atoms with Gasteiger partial charge in [-0.1, -0.05) is 20.8 Å². The van der Waals surface area contributed by atoms with Crippen molar-refractivity contribution in [3.8, 4) is 5.88 Å². The quantitative estimate of drug-likeness (QED) is 0.750. The Balaban J connectivity index is 0. The number of rotatable bonds is 2. The molecule has 0 unspecified atom stereocenters. The van der Waals surface area contributed by atoms with Gasteiger partial charge in [-0.05, 0) is 37.1 Å². The second kappa shape index (κ2) is 12.4. The Kier molecular flexibility index (Phi) is 12.0. The molecule has 0 bridgehead atoms. The molecule has 0 radical (unpaired) electrons. The van der Waals surface area contributed by atoms with Gasteiger partial charge in [-0.25, -0.2) is 0 Å².